The lowest BCUT2D eigenvalue weighted by Gasteiger charge is -2.10. The molecule has 0 spiro atoms. The van der Waals surface area contributed by atoms with Gasteiger partial charge in [-0.25, -0.2) is 4.39 Å². The van der Waals surface area contributed by atoms with Crippen LogP contribution in [0.15, 0.2) is 30.5 Å². The predicted octanol–water partition coefficient (Wildman–Crippen LogP) is 2.50. The minimum Gasteiger partial charge on any atom is -0.346 e. The molecule has 2 rings (SSSR count). The summed E-state index contributed by atoms with van der Waals surface area (Å²) in [4.78, 5) is 11.7. The number of carbonyl (C=O) groups excluding carboxylic acids is 1. The van der Waals surface area contributed by atoms with Gasteiger partial charge >= 0.3 is 6.18 Å². The van der Waals surface area contributed by atoms with Crippen LogP contribution in [0.1, 0.15) is 21.6 Å². The highest BCUT2D eigenvalue weighted by atomic mass is 19.4. The molecule has 2 N–H and O–H groups in total. The molecule has 0 bridgehead atoms. The zero-order chi connectivity index (χ0) is 14.8. The van der Waals surface area contributed by atoms with Crippen LogP contribution in [0, 0.1) is 5.82 Å². The second-order valence-electron chi connectivity index (χ2n) is 3.96. The maximum Gasteiger partial charge on any atom is 0.416 e. The summed E-state index contributed by atoms with van der Waals surface area (Å²) in [5.74, 6) is -1.94. The lowest BCUT2D eigenvalue weighted by atomic mass is 10.1. The Kier molecular flexibility index (Phi) is 3.73. The van der Waals surface area contributed by atoms with Crippen LogP contribution < -0.4 is 5.32 Å². The molecular formula is C12H9F4N3O. The van der Waals surface area contributed by atoms with Crippen molar-refractivity contribution >= 4 is 5.91 Å². The number of hydrogen-bond donors (Lipinski definition) is 2. The van der Waals surface area contributed by atoms with Crippen LogP contribution in [0.5, 0.6) is 0 Å². The first kappa shape index (κ1) is 14.0. The number of aromatic nitrogens is 2. The van der Waals surface area contributed by atoms with E-state index in [1.807, 2.05) is 0 Å². The molecule has 1 aromatic heterocycles. The van der Waals surface area contributed by atoms with E-state index in [2.05, 4.69) is 15.5 Å². The molecule has 2 aromatic rings. The molecule has 20 heavy (non-hydrogen) atoms. The van der Waals surface area contributed by atoms with Crippen molar-refractivity contribution in [2.24, 2.45) is 0 Å². The smallest absolute Gasteiger partial charge is 0.346 e. The molecule has 0 saturated heterocycles. The van der Waals surface area contributed by atoms with Gasteiger partial charge in [-0.1, -0.05) is 0 Å². The number of alkyl halides is 3. The van der Waals surface area contributed by atoms with Crippen LogP contribution in [0.2, 0.25) is 0 Å². The summed E-state index contributed by atoms with van der Waals surface area (Å²) in [6.07, 6.45) is -3.18. The normalized spacial score (nSPS) is 11.4. The number of H-pyrrole nitrogens is 1. The summed E-state index contributed by atoms with van der Waals surface area (Å²) in [5.41, 5.74) is -1.18. The Labute approximate surface area is 110 Å². The molecule has 1 heterocycles. The molecule has 106 valence electrons. The standard InChI is InChI=1S/C12H9F4N3O/c13-10-2-1-7(12(14,15)16)5-9(10)11(20)17-6-8-3-4-18-19-8/h1-5H,6H2,(H,17,20)(H,18,19). The Morgan fingerprint density at radius 1 is 1.30 bits per heavy atom. The fraction of sp³-hybridized carbons (Fsp3) is 0.167. The topological polar surface area (TPSA) is 57.8 Å². The quantitative estimate of drug-likeness (QED) is 0.852. The lowest BCUT2D eigenvalue weighted by molar-refractivity contribution is -0.137. The molecule has 1 amide bonds. The molecule has 0 aliphatic heterocycles. The third-order valence-corrected chi connectivity index (χ3v) is 2.54. The van der Waals surface area contributed by atoms with Crippen molar-refractivity contribution in [3.63, 3.8) is 0 Å². The van der Waals surface area contributed by atoms with E-state index in [9.17, 15) is 22.4 Å². The molecular weight excluding hydrogens is 278 g/mol. The van der Waals surface area contributed by atoms with Crippen molar-refractivity contribution < 1.29 is 22.4 Å². The van der Waals surface area contributed by atoms with E-state index in [0.717, 1.165) is 0 Å². The van der Waals surface area contributed by atoms with Gasteiger partial charge in [0.05, 0.1) is 23.4 Å². The Bertz CT molecular complexity index is 608. The number of halogens is 4. The van der Waals surface area contributed by atoms with Gasteiger partial charge in [0.2, 0.25) is 0 Å². The summed E-state index contributed by atoms with van der Waals surface area (Å²) < 4.78 is 50.9. The minimum atomic E-state index is -4.63. The van der Waals surface area contributed by atoms with Gasteiger partial charge in [-0.05, 0) is 24.3 Å². The SMILES string of the molecule is O=C(NCc1ccn[nH]1)c1cc(C(F)(F)F)ccc1F. The van der Waals surface area contributed by atoms with Gasteiger partial charge in [0.1, 0.15) is 5.82 Å². The third-order valence-electron chi connectivity index (χ3n) is 2.54. The molecule has 0 radical (unpaired) electrons. The Morgan fingerprint density at radius 3 is 2.65 bits per heavy atom. The number of nitrogens with one attached hydrogen (secondary N) is 2. The first-order valence-electron chi connectivity index (χ1n) is 5.51. The zero-order valence-corrected chi connectivity index (χ0v) is 9.96. The predicted molar refractivity (Wildman–Crippen MR) is 61.2 cm³/mol. The number of rotatable bonds is 3. The van der Waals surface area contributed by atoms with Gasteiger partial charge in [0.15, 0.2) is 0 Å². The lowest BCUT2D eigenvalue weighted by Crippen LogP contribution is -2.24. The molecule has 8 heteroatoms. The number of aromatic amines is 1. The van der Waals surface area contributed by atoms with Gasteiger partial charge in [-0.2, -0.15) is 18.3 Å². The van der Waals surface area contributed by atoms with Crippen molar-refractivity contribution in [2.75, 3.05) is 0 Å². The molecule has 0 unspecified atom stereocenters. The fourth-order valence-corrected chi connectivity index (χ4v) is 1.53. The van der Waals surface area contributed by atoms with Gasteiger partial charge in [-0.15, -0.1) is 0 Å². The number of benzene rings is 1. The summed E-state index contributed by atoms with van der Waals surface area (Å²) in [6.45, 7) is 0.00845. The van der Waals surface area contributed by atoms with E-state index in [4.69, 9.17) is 0 Å². The Balaban J connectivity index is 2.16. The van der Waals surface area contributed by atoms with Crippen LogP contribution in [-0.2, 0) is 12.7 Å². The molecule has 1 aromatic carbocycles. The van der Waals surface area contributed by atoms with Crippen molar-refractivity contribution in [3.05, 3.63) is 53.1 Å². The van der Waals surface area contributed by atoms with Crippen LogP contribution in [-0.4, -0.2) is 16.1 Å². The molecule has 0 aliphatic rings. The summed E-state index contributed by atoms with van der Waals surface area (Å²) >= 11 is 0. The van der Waals surface area contributed by atoms with Crippen LogP contribution in [0.25, 0.3) is 0 Å². The van der Waals surface area contributed by atoms with E-state index in [1.165, 1.54) is 6.20 Å². The van der Waals surface area contributed by atoms with Crippen LogP contribution >= 0.6 is 0 Å². The van der Waals surface area contributed by atoms with E-state index < -0.39 is 29.0 Å². The first-order valence-corrected chi connectivity index (χ1v) is 5.51. The number of nitrogens with zero attached hydrogens (tertiary/aromatic N) is 1. The molecule has 0 aliphatic carbocycles. The maximum atomic E-state index is 13.4. The molecule has 0 atom stereocenters. The second-order valence-corrected chi connectivity index (χ2v) is 3.96. The Morgan fingerprint density at radius 2 is 2.05 bits per heavy atom. The maximum absolute atomic E-state index is 13.4. The largest absolute Gasteiger partial charge is 0.416 e. The van der Waals surface area contributed by atoms with Crippen LogP contribution in [0.3, 0.4) is 0 Å². The van der Waals surface area contributed by atoms with E-state index in [0.29, 0.717) is 23.9 Å². The number of amides is 1. The van der Waals surface area contributed by atoms with Crippen molar-refractivity contribution in [2.45, 2.75) is 12.7 Å². The van der Waals surface area contributed by atoms with Crippen molar-refractivity contribution in [3.8, 4) is 0 Å². The highest BCUT2D eigenvalue weighted by Gasteiger charge is 2.31. The number of carbonyl (C=O) groups is 1. The summed E-state index contributed by atoms with van der Waals surface area (Å²) in [5, 5.41) is 8.50. The van der Waals surface area contributed by atoms with Gasteiger partial charge in [0.25, 0.3) is 5.91 Å². The van der Waals surface area contributed by atoms with E-state index in [-0.39, 0.29) is 6.54 Å². The third kappa shape index (κ3) is 3.14. The monoisotopic (exact) mass is 287 g/mol. The summed E-state index contributed by atoms with van der Waals surface area (Å²) in [7, 11) is 0. The highest BCUT2D eigenvalue weighted by Crippen LogP contribution is 2.30. The van der Waals surface area contributed by atoms with E-state index >= 15 is 0 Å². The average molecular weight is 287 g/mol. The van der Waals surface area contributed by atoms with Crippen molar-refractivity contribution in [1.82, 2.24) is 15.5 Å². The highest BCUT2D eigenvalue weighted by molar-refractivity contribution is 5.94. The van der Waals surface area contributed by atoms with E-state index in [1.54, 1.807) is 6.07 Å². The average Bonchev–Trinajstić information content (AvgIpc) is 2.88. The number of hydrogen-bond acceptors (Lipinski definition) is 2. The first-order chi connectivity index (χ1) is 9.38. The molecule has 4 nitrogen and oxygen atoms in total. The molecule has 0 fully saturated rings. The second kappa shape index (κ2) is 5.32. The fourth-order valence-electron chi connectivity index (χ4n) is 1.53. The van der Waals surface area contributed by atoms with Gasteiger partial charge < -0.3 is 5.32 Å². The molecule has 0 saturated carbocycles. The van der Waals surface area contributed by atoms with Gasteiger partial charge in [-0.3, -0.25) is 9.89 Å². The minimum absolute atomic E-state index is 0.00845. The Hall–Kier alpha value is -2.38. The van der Waals surface area contributed by atoms with Crippen molar-refractivity contribution in [1.29, 1.82) is 0 Å². The van der Waals surface area contributed by atoms with Crippen LogP contribution in [0.4, 0.5) is 17.6 Å². The zero-order valence-electron chi connectivity index (χ0n) is 9.96. The summed E-state index contributed by atoms with van der Waals surface area (Å²) in [6, 6.07) is 3.26. The van der Waals surface area contributed by atoms with Gasteiger partial charge in [0, 0.05) is 6.20 Å².